The van der Waals surface area contributed by atoms with Crippen LogP contribution in [0.25, 0.3) is 10.1 Å². The largest absolute Gasteiger partial charge is 0.395 e. The maximum absolute atomic E-state index is 8.66. The van der Waals surface area contributed by atoms with Crippen LogP contribution in [0.2, 0.25) is 0 Å². The van der Waals surface area contributed by atoms with Gasteiger partial charge in [0.1, 0.15) is 5.82 Å². The second-order valence-electron chi connectivity index (χ2n) is 2.65. The molecule has 0 aliphatic heterocycles. The molecule has 0 atom stereocenters. The van der Waals surface area contributed by atoms with Gasteiger partial charge in [0, 0.05) is 12.7 Å². The quantitative estimate of drug-likeness (QED) is 0.781. The predicted molar refractivity (Wildman–Crippen MR) is 55.2 cm³/mol. The summed E-state index contributed by atoms with van der Waals surface area (Å²) in [7, 11) is 0. The summed E-state index contributed by atoms with van der Waals surface area (Å²) in [6.45, 7) is 0.674. The fourth-order valence-electron chi connectivity index (χ4n) is 1.19. The van der Waals surface area contributed by atoms with E-state index in [0.717, 1.165) is 10.5 Å². The highest BCUT2D eigenvalue weighted by atomic mass is 32.1. The van der Waals surface area contributed by atoms with Gasteiger partial charge in [0.25, 0.3) is 0 Å². The standard InChI is InChI=1S/C9H10N2OS/c12-5-4-11-9-8-7(1-3-10-9)2-6-13-8/h1-3,6,12H,4-5H2,(H,10,11). The highest BCUT2D eigenvalue weighted by Crippen LogP contribution is 2.26. The minimum Gasteiger partial charge on any atom is -0.395 e. The summed E-state index contributed by atoms with van der Waals surface area (Å²) >= 11 is 1.66. The molecule has 3 nitrogen and oxygen atoms in total. The normalized spacial score (nSPS) is 10.5. The third-order valence-electron chi connectivity index (χ3n) is 1.77. The lowest BCUT2D eigenvalue weighted by Gasteiger charge is -2.03. The van der Waals surface area contributed by atoms with Gasteiger partial charge in [-0.05, 0) is 22.9 Å². The minimum atomic E-state index is 0.128. The summed E-state index contributed by atoms with van der Waals surface area (Å²) < 4.78 is 1.15. The van der Waals surface area contributed by atoms with Gasteiger partial charge in [-0.25, -0.2) is 4.98 Å². The topological polar surface area (TPSA) is 45.1 Å². The van der Waals surface area contributed by atoms with Crippen LogP contribution in [-0.4, -0.2) is 23.2 Å². The van der Waals surface area contributed by atoms with Crippen LogP contribution >= 0.6 is 11.3 Å². The molecule has 2 aromatic heterocycles. The predicted octanol–water partition coefficient (Wildman–Crippen LogP) is 1.70. The molecule has 0 radical (unpaired) electrons. The van der Waals surface area contributed by atoms with Crippen LogP contribution < -0.4 is 5.32 Å². The van der Waals surface area contributed by atoms with Gasteiger partial charge in [0.2, 0.25) is 0 Å². The van der Waals surface area contributed by atoms with Crippen LogP contribution in [0.1, 0.15) is 0 Å². The number of nitrogens with one attached hydrogen (secondary N) is 1. The molecule has 0 bridgehead atoms. The van der Waals surface area contributed by atoms with Crippen LogP contribution in [0.5, 0.6) is 0 Å². The van der Waals surface area contributed by atoms with E-state index in [1.807, 2.05) is 11.4 Å². The monoisotopic (exact) mass is 194 g/mol. The number of aromatic nitrogens is 1. The molecule has 4 heteroatoms. The molecule has 2 aromatic rings. The Bertz CT molecular complexity index is 399. The van der Waals surface area contributed by atoms with Crippen molar-refractivity contribution in [1.29, 1.82) is 0 Å². The zero-order chi connectivity index (χ0) is 9.10. The van der Waals surface area contributed by atoms with Crippen molar-refractivity contribution in [3.63, 3.8) is 0 Å². The molecule has 0 saturated carbocycles. The second-order valence-corrected chi connectivity index (χ2v) is 3.57. The number of nitrogens with zero attached hydrogens (tertiary/aromatic N) is 1. The third-order valence-corrected chi connectivity index (χ3v) is 2.71. The number of pyridine rings is 1. The van der Waals surface area contributed by atoms with Crippen LogP contribution in [0.4, 0.5) is 5.82 Å². The lowest BCUT2D eigenvalue weighted by atomic mass is 10.3. The van der Waals surface area contributed by atoms with Crippen molar-refractivity contribution in [1.82, 2.24) is 4.98 Å². The van der Waals surface area contributed by atoms with Crippen LogP contribution in [-0.2, 0) is 0 Å². The average Bonchev–Trinajstić information content (AvgIpc) is 2.62. The molecule has 0 fully saturated rings. The molecule has 0 aliphatic rings. The fraction of sp³-hybridized carbons (Fsp3) is 0.222. The van der Waals surface area contributed by atoms with E-state index in [9.17, 15) is 0 Å². The zero-order valence-electron chi connectivity index (χ0n) is 7.03. The molecule has 68 valence electrons. The fourth-order valence-corrected chi connectivity index (χ4v) is 2.05. The Morgan fingerprint density at radius 3 is 3.23 bits per heavy atom. The summed E-state index contributed by atoms with van der Waals surface area (Å²) in [5.74, 6) is 0.863. The summed E-state index contributed by atoms with van der Waals surface area (Å²) in [5.41, 5.74) is 0. The Morgan fingerprint density at radius 2 is 2.38 bits per heavy atom. The summed E-state index contributed by atoms with van der Waals surface area (Å²) in [5, 5.41) is 15.0. The van der Waals surface area contributed by atoms with Gasteiger partial charge in [-0.2, -0.15) is 0 Å². The molecule has 0 aliphatic carbocycles. The maximum atomic E-state index is 8.66. The van der Waals surface area contributed by atoms with Crippen LogP contribution in [0.15, 0.2) is 23.7 Å². The van der Waals surface area contributed by atoms with E-state index in [0.29, 0.717) is 6.54 Å². The van der Waals surface area contributed by atoms with Crippen LogP contribution in [0.3, 0.4) is 0 Å². The van der Waals surface area contributed by atoms with E-state index in [4.69, 9.17) is 5.11 Å². The van der Waals surface area contributed by atoms with Crippen molar-refractivity contribution in [3.8, 4) is 0 Å². The number of rotatable bonds is 3. The Hall–Kier alpha value is -1.13. The van der Waals surface area contributed by atoms with E-state index >= 15 is 0 Å². The smallest absolute Gasteiger partial charge is 0.144 e. The Morgan fingerprint density at radius 1 is 1.46 bits per heavy atom. The molecular weight excluding hydrogens is 184 g/mol. The van der Waals surface area contributed by atoms with Gasteiger partial charge in [0.15, 0.2) is 0 Å². The minimum absolute atomic E-state index is 0.128. The molecule has 2 rings (SSSR count). The first-order valence-electron chi connectivity index (χ1n) is 4.09. The highest BCUT2D eigenvalue weighted by molar-refractivity contribution is 7.17. The maximum Gasteiger partial charge on any atom is 0.144 e. The van der Waals surface area contributed by atoms with E-state index in [2.05, 4.69) is 16.4 Å². The second kappa shape index (κ2) is 3.72. The third kappa shape index (κ3) is 1.64. The number of anilines is 1. The summed E-state index contributed by atoms with van der Waals surface area (Å²) in [6, 6.07) is 4.04. The first kappa shape index (κ1) is 8.47. The highest BCUT2D eigenvalue weighted by Gasteiger charge is 2.01. The number of thiophene rings is 1. The molecule has 0 aromatic carbocycles. The molecule has 0 spiro atoms. The Labute approximate surface area is 80.0 Å². The molecule has 0 unspecified atom stereocenters. The molecular formula is C9H10N2OS. The number of hydrogen-bond acceptors (Lipinski definition) is 4. The van der Waals surface area contributed by atoms with E-state index in [-0.39, 0.29) is 6.61 Å². The van der Waals surface area contributed by atoms with Crippen molar-refractivity contribution in [2.24, 2.45) is 0 Å². The SMILES string of the molecule is OCCNc1nccc2ccsc12. The first-order chi connectivity index (χ1) is 6.42. The van der Waals surface area contributed by atoms with Crippen molar-refractivity contribution < 1.29 is 5.11 Å². The van der Waals surface area contributed by atoms with Gasteiger partial charge < -0.3 is 10.4 Å². The lowest BCUT2D eigenvalue weighted by molar-refractivity contribution is 0.311. The van der Waals surface area contributed by atoms with Crippen molar-refractivity contribution >= 4 is 27.2 Å². The summed E-state index contributed by atoms with van der Waals surface area (Å²) in [6.07, 6.45) is 1.77. The van der Waals surface area contributed by atoms with Crippen molar-refractivity contribution in [2.75, 3.05) is 18.5 Å². The molecule has 2 heterocycles. The van der Waals surface area contributed by atoms with Crippen molar-refractivity contribution in [2.45, 2.75) is 0 Å². The number of aliphatic hydroxyl groups is 1. The zero-order valence-corrected chi connectivity index (χ0v) is 7.84. The van der Waals surface area contributed by atoms with E-state index < -0.39 is 0 Å². The first-order valence-corrected chi connectivity index (χ1v) is 4.97. The molecule has 0 saturated heterocycles. The number of aliphatic hydroxyl groups excluding tert-OH is 1. The lowest BCUT2D eigenvalue weighted by Crippen LogP contribution is -2.06. The Kier molecular flexibility index (Phi) is 2.42. The summed E-state index contributed by atoms with van der Waals surface area (Å²) in [4.78, 5) is 4.20. The van der Waals surface area contributed by atoms with Gasteiger partial charge in [0.05, 0.1) is 11.3 Å². The number of hydrogen-bond donors (Lipinski definition) is 2. The van der Waals surface area contributed by atoms with E-state index in [1.165, 1.54) is 5.39 Å². The van der Waals surface area contributed by atoms with Crippen LogP contribution in [0, 0.1) is 0 Å². The number of fused-ring (bicyclic) bond motifs is 1. The van der Waals surface area contributed by atoms with Crippen molar-refractivity contribution in [3.05, 3.63) is 23.7 Å². The molecule has 2 N–H and O–H groups in total. The molecule has 0 amide bonds. The van der Waals surface area contributed by atoms with Gasteiger partial charge >= 0.3 is 0 Å². The van der Waals surface area contributed by atoms with Gasteiger partial charge in [-0.3, -0.25) is 0 Å². The van der Waals surface area contributed by atoms with Gasteiger partial charge in [-0.1, -0.05) is 0 Å². The van der Waals surface area contributed by atoms with Gasteiger partial charge in [-0.15, -0.1) is 11.3 Å². The Balaban J connectivity index is 2.37. The molecule has 13 heavy (non-hydrogen) atoms. The van der Waals surface area contributed by atoms with E-state index in [1.54, 1.807) is 17.5 Å². The average molecular weight is 194 g/mol.